The van der Waals surface area contributed by atoms with Gasteiger partial charge in [-0.2, -0.15) is 0 Å². The molecule has 0 bridgehead atoms. The molecule has 0 aliphatic carbocycles. The van der Waals surface area contributed by atoms with Crippen LogP contribution in [0.25, 0.3) is 0 Å². The Bertz CT molecular complexity index is 1180. The molecule has 1 aliphatic heterocycles. The minimum absolute atomic E-state index is 0.0459. The van der Waals surface area contributed by atoms with Crippen molar-refractivity contribution in [2.24, 2.45) is 0 Å². The summed E-state index contributed by atoms with van der Waals surface area (Å²) in [4.78, 5) is 22.7. The van der Waals surface area contributed by atoms with Crippen molar-refractivity contribution >= 4 is 40.7 Å². The number of carbonyl (C=O) groups is 1. The number of terminal acetylenes is 1. The second-order valence-corrected chi connectivity index (χ2v) is 8.22. The Morgan fingerprint density at radius 1 is 1.15 bits per heavy atom. The summed E-state index contributed by atoms with van der Waals surface area (Å²) in [6.07, 6.45) is 11.8. The molecule has 1 aliphatic rings. The largest absolute Gasteiger partial charge is 0.454 e. The molecule has 1 saturated heterocycles. The van der Waals surface area contributed by atoms with Crippen LogP contribution in [0.1, 0.15) is 18.4 Å². The molecule has 7 nitrogen and oxygen atoms in total. The Balaban J connectivity index is 1.37. The van der Waals surface area contributed by atoms with Gasteiger partial charge in [0, 0.05) is 43.2 Å². The van der Waals surface area contributed by atoms with Gasteiger partial charge < -0.3 is 20.3 Å². The van der Waals surface area contributed by atoms with Crippen LogP contribution >= 0.6 is 23.2 Å². The monoisotopic (exact) mass is 481 g/mol. The van der Waals surface area contributed by atoms with Gasteiger partial charge in [-0.3, -0.25) is 4.98 Å². The molecule has 168 valence electrons. The van der Waals surface area contributed by atoms with Crippen molar-refractivity contribution in [2.75, 3.05) is 23.3 Å². The first kappa shape index (κ1) is 22.7. The van der Waals surface area contributed by atoms with Crippen molar-refractivity contribution in [3.05, 3.63) is 70.6 Å². The van der Waals surface area contributed by atoms with Gasteiger partial charge in [0.2, 0.25) is 0 Å². The SMILES string of the molecule is C#Cc1ccc(Oc2ccnc(N3CCC(NC(=O)Nc4cccnc4)CC3)c2Cl)c(Cl)c1. The number of rotatable bonds is 5. The standard InChI is InChI=1S/C24H21Cl2N5O2/c1-2-16-5-6-20(19(25)14-16)33-21-7-11-28-23(22(21)26)31-12-8-17(9-13-31)29-24(32)30-18-4-3-10-27-15-18/h1,3-7,10-11,14-15,17H,8-9,12-13H2,(H2,29,30,32). The average molecular weight is 482 g/mol. The van der Waals surface area contributed by atoms with E-state index in [1.165, 1.54) is 0 Å². The summed E-state index contributed by atoms with van der Waals surface area (Å²) in [5, 5.41) is 6.59. The number of carbonyl (C=O) groups excluding carboxylic acids is 1. The summed E-state index contributed by atoms with van der Waals surface area (Å²) in [5.41, 5.74) is 1.31. The zero-order valence-electron chi connectivity index (χ0n) is 17.6. The average Bonchev–Trinajstić information content (AvgIpc) is 2.83. The third-order valence-corrected chi connectivity index (χ3v) is 5.85. The number of nitrogens with zero attached hydrogens (tertiary/aromatic N) is 3. The van der Waals surface area contributed by atoms with Crippen LogP contribution in [0.3, 0.4) is 0 Å². The zero-order valence-corrected chi connectivity index (χ0v) is 19.1. The molecular formula is C24H21Cl2N5O2. The number of piperidine rings is 1. The number of anilines is 2. The highest BCUT2D eigenvalue weighted by atomic mass is 35.5. The fourth-order valence-corrected chi connectivity index (χ4v) is 4.02. The normalized spacial score (nSPS) is 13.8. The van der Waals surface area contributed by atoms with Crippen molar-refractivity contribution in [1.82, 2.24) is 15.3 Å². The highest BCUT2D eigenvalue weighted by Gasteiger charge is 2.24. The Morgan fingerprint density at radius 2 is 1.97 bits per heavy atom. The van der Waals surface area contributed by atoms with Crippen LogP contribution in [0, 0.1) is 12.3 Å². The smallest absolute Gasteiger partial charge is 0.319 e. The van der Waals surface area contributed by atoms with Crippen LogP contribution in [0.4, 0.5) is 16.3 Å². The molecule has 3 heterocycles. The number of hydrogen-bond donors (Lipinski definition) is 2. The molecule has 2 aromatic heterocycles. The van der Waals surface area contributed by atoms with E-state index in [4.69, 9.17) is 34.4 Å². The Labute approximate surface area is 202 Å². The number of nitrogens with one attached hydrogen (secondary N) is 2. The van der Waals surface area contributed by atoms with Gasteiger partial charge in [-0.15, -0.1) is 6.42 Å². The van der Waals surface area contributed by atoms with Gasteiger partial charge in [0.1, 0.15) is 10.8 Å². The van der Waals surface area contributed by atoms with Crippen LogP contribution in [0.15, 0.2) is 55.0 Å². The van der Waals surface area contributed by atoms with Gasteiger partial charge in [-0.25, -0.2) is 9.78 Å². The minimum Gasteiger partial charge on any atom is -0.454 e. The first-order valence-electron chi connectivity index (χ1n) is 10.3. The Morgan fingerprint density at radius 3 is 2.67 bits per heavy atom. The van der Waals surface area contributed by atoms with Crippen LogP contribution in [0.2, 0.25) is 10.0 Å². The van der Waals surface area contributed by atoms with Gasteiger partial charge in [0.05, 0.1) is 16.9 Å². The molecule has 0 radical (unpaired) electrons. The Hall–Kier alpha value is -3.47. The summed E-state index contributed by atoms with van der Waals surface area (Å²) in [5.74, 6) is 4.07. The van der Waals surface area contributed by atoms with Crippen molar-refractivity contribution in [3.8, 4) is 23.8 Å². The number of hydrogen-bond acceptors (Lipinski definition) is 5. The molecule has 0 atom stereocenters. The maximum absolute atomic E-state index is 12.2. The molecule has 9 heteroatoms. The van der Waals surface area contributed by atoms with Crippen LogP contribution in [-0.2, 0) is 0 Å². The zero-order chi connectivity index (χ0) is 23.2. The lowest BCUT2D eigenvalue weighted by atomic mass is 10.1. The number of halogens is 2. The predicted octanol–water partition coefficient (Wildman–Crippen LogP) is 5.35. The second-order valence-electron chi connectivity index (χ2n) is 7.44. The molecule has 4 rings (SSSR count). The summed E-state index contributed by atoms with van der Waals surface area (Å²) < 4.78 is 5.93. The fraction of sp³-hybridized carbons (Fsp3) is 0.208. The van der Waals surface area contributed by atoms with Crippen LogP contribution < -0.4 is 20.3 Å². The van der Waals surface area contributed by atoms with Gasteiger partial charge in [-0.05, 0) is 43.2 Å². The molecule has 0 saturated carbocycles. The highest BCUT2D eigenvalue weighted by Crippen LogP contribution is 2.38. The quantitative estimate of drug-likeness (QED) is 0.480. The number of urea groups is 1. The van der Waals surface area contributed by atoms with Gasteiger partial charge >= 0.3 is 6.03 Å². The van der Waals surface area contributed by atoms with E-state index in [2.05, 4.69) is 31.4 Å². The summed E-state index contributed by atoms with van der Waals surface area (Å²) in [6.45, 7) is 1.37. The molecular weight excluding hydrogens is 461 g/mol. The van der Waals surface area contributed by atoms with Crippen molar-refractivity contribution < 1.29 is 9.53 Å². The van der Waals surface area contributed by atoms with Crippen LogP contribution in [0.5, 0.6) is 11.5 Å². The van der Waals surface area contributed by atoms with E-state index >= 15 is 0 Å². The molecule has 3 aromatic rings. The van der Waals surface area contributed by atoms with E-state index in [1.54, 1.807) is 55.0 Å². The lowest BCUT2D eigenvalue weighted by Gasteiger charge is -2.33. The number of benzene rings is 1. The minimum atomic E-state index is -0.249. The van der Waals surface area contributed by atoms with E-state index in [-0.39, 0.29) is 12.1 Å². The first-order chi connectivity index (χ1) is 16.0. The summed E-state index contributed by atoms with van der Waals surface area (Å²) >= 11 is 12.9. The number of amides is 2. The lowest BCUT2D eigenvalue weighted by Crippen LogP contribution is -2.46. The molecule has 1 aromatic carbocycles. The summed E-state index contributed by atoms with van der Waals surface area (Å²) in [7, 11) is 0. The van der Waals surface area contributed by atoms with Gasteiger partial charge in [0.25, 0.3) is 0 Å². The predicted molar refractivity (Wildman–Crippen MR) is 130 cm³/mol. The molecule has 1 fully saturated rings. The van der Waals surface area contributed by atoms with Crippen molar-refractivity contribution in [2.45, 2.75) is 18.9 Å². The van der Waals surface area contributed by atoms with E-state index in [0.717, 1.165) is 12.8 Å². The number of ether oxygens (including phenoxy) is 1. The molecule has 2 N–H and O–H groups in total. The van der Waals surface area contributed by atoms with Crippen molar-refractivity contribution in [1.29, 1.82) is 0 Å². The molecule has 2 amide bonds. The number of aromatic nitrogens is 2. The number of pyridine rings is 2. The lowest BCUT2D eigenvalue weighted by molar-refractivity contribution is 0.246. The van der Waals surface area contributed by atoms with Gasteiger partial charge in [0.15, 0.2) is 11.6 Å². The molecule has 0 spiro atoms. The third-order valence-electron chi connectivity index (χ3n) is 5.20. The molecule has 33 heavy (non-hydrogen) atoms. The van der Waals surface area contributed by atoms with Crippen molar-refractivity contribution in [3.63, 3.8) is 0 Å². The second kappa shape index (κ2) is 10.4. The van der Waals surface area contributed by atoms with E-state index in [0.29, 0.717) is 51.7 Å². The third kappa shape index (κ3) is 5.67. The molecule has 0 unspecified atom stereocenters. The Kier molecular flexibility index (Phi) is 7.18. The maximum atomic E-state index is 12.2. The highest BCUT2D eigenvalue weighted by molar-refractivity contribution is 6.34. The topological polar surface area (TPSA) is 79.4 Å². The van der Waals surface area contributed by atoms with E-state index in [9.17, 15) is 4.79 Å². The van der Waals surface area contributed by atoms with E-state index < -0.39 is 0 Å². The van der Waals surface area contributed by atoms with Crippen LogP contribution in [-0.4, -0.2) is 35.1 Å². The summed E-state index contributed by atoms with van der Waals surface area (Å²) in [6, 6.07) is 10.2. The first-order valence-corrected chi connectivity index (χ1v) is 11.1. The van der Waals surface area contributed by atoms with Gasteiger partial charge in [-0.1, -0.05) is 29.1 Å². The maximum Gasteiger partial charge on any atom is 0.319 e. The van der Waals surface area contributed by atoms with E-state index in [1.807, 2.05) is 0 Å². The fourth-order valence-electron chi connectivity index (χ4n) is 3.53.